The Balaban J connectivity index is 2.72. The van der Waals surface area contributed by atoms with Crippen LogP contribution in [0, 0.1) is 15.5 Å². The van der Waals surface area contributed by atoms with Crippen molar-refractivity contribution in [3.63, 3.8) is 0 Å². The van der Waals surface area contributed by atoms with Crippen molar-refractivity contribution in [2.45, 2.75) is 20.3 Å². The van der Waals surface area contributed by atoms with Crippen LogP contribution in [-0.4, -0.2) is 28.2 Å². The Kier molecular flexibility index (Phi) is 4.39. The maximum Gasteiger partial charge on any atom is 0.386 e. The van der Waals surface area contributed by atoms with E-state index >= 15 is 0 Å². The van der Waals surface area contributed by atoms with Gasteiger partial charge >= 0.3 is 5.82 Å². The van der Waals surface area contributed by atoms with Gasteiger partial charge in [0.1, 0.15) is 11.9 Å². The summed E-state index contributed by atoms with van der Waals surface area (Å²) in [5.74, 6) is -0.174. The Morgan fingerprint density at radius 3 is 2.88 bits per heavy atom. The molecule has 0 saturated heterocycles. The molecule has 94 valence electrons. The maximum absolute atomic E-state index is 10.7. The molecule has 6 heteroatoms. The van der Waals surface area contributed by atoms with E-state index in [4.69, 9.17) is 5.11 Å². The highest BCUT2D eigenvalue weighted by atomic mass is 16.6. The van der Waals surface area contributed by atoms with E-state index in [1.807, 2.05) is 13.8 Å². The molecule has 2 N–H and O–H groups in total. The molecule has 0 aliphatic heterocycles. The highest BCUT2D eigenvalue weighted by Gasteiger charge is 2.20. The third-order valence-electron chi connectivity index (χ3n) is 2.51. The molecular weight excluding hydrogens is 222 g/mol. The first kappa shape index (κ1) is 13.4. The average molecular weight is 239 g/mol. The summed E-state index contributed by atoms with van der Waals surface area (Å²) >= 11 is 0. The Labute approximate surface area is 99.8 Å². The molecule has 0 aliphatic carbocycles. The molecule has 1 aromatic heterocycles. The second-order valence-electron chi connectivity index (χ2n) is 4.62. The Morgan fingerprint density at radius 2 is 2.29 bits per heavy atom. The molecule has 0 aliphatic rings. The third kappa shape index (κ3) is 3.99. The number of nitro groups is 1. The van der Waals surface area contributed by atoms with Crippen LogP contribution in [0.4, 0.5) is 11.5 Å². The minimum Gasteiger partial charge on any atom is -0.396 e. The number of hydrogen-bond acceptors (Lipinski definition) is 5. The summed E-state index contributed by atoms with van der Waals surface area (Å²) < 4.78 is 0. The van der Waals surface area contributed by atoms with Crippen LogP contribution < -0.4 is 5.32 Å². The fraction of sp³-hybridized carbons (Fsp3) is 0.545. The maximum atomic E-state index is 10.7. The standard InChI is InChI=1S/C11H17N3O3/c1-11(2,5-7-15)8-13-9-4-3-6-12-10(9)14(16)17/h3-4,6,13,15H,5,7-8H2,1-2H3. The van der Waals surface area contributed by atoms with Crippen LogP contribution in [0.15, 0.2) is 18.3 Å². The number of aliphatic hydroxyl groups excluding tert-OH is 1. The molecule has 0 saturated carbocycles. The van der Waals surface area contributed by atoms with Gasteiger partial charge < -0.3 is 20.5 Å². The van der Waals surface area contributed by atoms with Gasteiger partial charge in [0.25, 0.3) is 0 Å². The normalized spacial score (nSPS) is 11.2. The van der Waals surface area contributed by atoms with Crippen molar-refractivity contribution in [1.82, 2.24) is 4.98 Å². The monoisotopic (exact) mass is 239 g/mol. The minimum absolute atomic E-state index is 0.101. The second-order valence-corrected chi connectivity index (χ2v) is 4.62. The zero-order valence-corrected chi connectivity index (χ0v) is 10.0. The third-order valence-corrected chi connectivity index (χ3v) is 2.51. The lowest BCUT2D eigenvalue weighted by atomic mass is 9.90. The lowest BCUT2D eigenvalue weighted by Crippen LogP contribution is -2.24. The van der Waals surface area contributed by atoms with Crippen molar-refractivity contribution in [2.75, 3.05) is 18.5 Å². The molecule has 6 nitrogen and oxygen atoms in total. The van der Waals surface area contributed by atoms with E-state index in [9.17, 15) is 10.1 Å². The Morgan fingerprint density at radius 1 is 1.59 bits per heavy atom. The van der Waals surface area contributed by atoms with Crippen LogP contribution in [0.25, 0.3) is 0 Å². The highest BCUT2D eigenvalue weighted by Crippen LogP contribution is 2.24. The second kappa shape index (κ2) is 5.58. The zero-order valence-electron chi connectivity index (χ0n) is 10.0. The van der Waals surface area contributed by atoms with Gasteiger partial charge in [0.15, 0.2) is 0 Å². The van der Waals surface area contributed by atoms with E-state index in [1.165, 1.54) is 6.20 Å². The first-order valence-electron chi connectivity index (χ1n) is 5.40. The van der Waals surface area contributed by atoms with Crippen LogP contribution in [-0.2, 0) is 0 Å². The van der Waals surface area contributed by atoms with Gasteiger partial charge in [-0.1, -0.05) is 13.8 Å². The minimum atomic E-state index is -0.513. The van der Waals surface area contributed by atoms with Crippen molar-refractivity contribution in [2.24, 2.45) is 5.41 Å². The number of nitrogens with zero attached hydrogens (tertiary/aromatic N) is 2. The number of aromatic nitrogens is 1. The molecule has 17 heavy (non-hydrogen) atoms. The van der Waals surface area contributed by atoms with Crippen LogP contribution in [0.3, 0.4) is 0 Å². The molecular formula is C11H17N3O3. The van der Waals surface area contributed by atoms with Crippen LogP contribution in [0.2, 0.25) is 0 Å². The van der Waals surface area contributed by atoms with E-state index < -0.39 is 4.92 Å². The molecule has 0 aromatic carbocycles. The molecule has 0 amide bonds. The van der Waals surface area contributed by atoms with Gasteiger partial charge in [0, 0.05) is 13.2 Å². The molecule has 1 rings (SSSR count). The topological polar surface area (TPSA) is 88.3 Å². The van der Waals surface area contributed by atoms with Gasteiger partial charge in [0.2, 0.25) is 0 Å². The van der Waals surface area contributed by atoms with Crippen LogP contribution in [0.1, 0.15) is 20.3 Å². The largest absolute Gasteiger partial charge is 0.396 e. The number of anilines is 1. The van der Waals surface area contributed by atoms with Crippen molar-refractivity contribution < 1.29 is 10.0 Å². The number of nitrogens with one attached hydrogen (secondary N) is 1. The molecule has 0 radical (unpaired) electrons. The molecule has 1 aromatic rings. The zero-order chi connectivity index (χ0) is 12.9. The quantitative estimate of drug-likeness (QED) is 0.583. The summed E-state index contributed by atoms with van der Waals surface area (Å²) in [6, 6.07) is 3.27. The summed E-state index contributed by atoms with van der Waals surface area (Å²) in [5.41, 5.74) is 0.280. The fourth-order valence-electron chi connectivity index (χ4n) is 1.41. The van der Waals surface area contributed by atoms with Gasteiger partial charge in [0.05, 0.1) is 0 Å². The molecule has 0 spiro atoms. The van der Waals surface area contributed by atoms with Gasteiger partial charge in [-0.15, -0.1) is 0 Å². The number of hydrogen-bond donors (Lipinski definition) is 2. The predicted octanol–water partition coefficient (Wildman–Crippen LogP) is 1.81. The SMILES string of the molecule is CC(C)(CCO)CNc1cccnc1[N+](=O)[O-]. The van der Waals surface area contributed by atoms with Gasteiger partial charge in [-0.05, 0) is 33.9 Å². The molecule has 0 unspecified atom stereocenters. The fourth-order valence-corrected chi connectivity index (χ4v) is 1.41. The lowest BCUT2D eigenvalue weighted by Gasteiger charge is -2.24. The molecule has 0 bridgehead atoms. The highest BCUT2D eigenvalue weighted by molar-refractivity contribution is 5.56. The predicted molar refractivity (Wildman–Crippen MR) is 64.9 cm³/mol. The number of rotatable bonds is 6. The Bertz CT molecular complexity index is 393. The lowest BCUT2D eigenvalue weighted by molar-refractivity contribution is -0.388. The number of pyridine rings is 1. The summed E-state index contributed by atoms with van der Waals surface area (Å²) in [6.07, 6.45) is 2.02. The number of aliphatic hydroxyl groups is 1. The average Bonchev–Trinajstić information content (AvgIpc) is 2.27. The summed E-state index contributed by atoms with van der Waals surface area (Å²) in [7, 11) is 0. The van der Waals surface area contributed by atoms with Gasteiger partial charge in [-0.2, -0.15) is 0 Å². The van der Waals surface area contributed by atoms with E-state index in [2.05, 4.69) is 10.3 Å². The van der Waals surface area contributed by atoms with Crippen LogP contribution in [0.5, 0.6) is 0 Å². The van der Waals surface area contributed by atoms with E-state index in [0.717, 1.165) is 0 Å². The smallest absolute Gasteiger partial charge is 0.386 e. The van der Waals surface area contributed by atoms with Crippen LogP contribution >= 0.6 is 0 Å². The van der Waals surface area contributed by atoms with Crippen molar-refractivity contribution >= 4 is 11.5 Å². The van der Waals surface area contributed by atoms with E-state index in [1.54, 1.807) is 12.1 Å². The van der Waals surface area contributed by atoms with Crippen molar-refractivity contribution in [1.29, 1.82) is 0 Å². The van der Waals surface area contributed by atoms with Crippen molar-refractivity contribution in [3.05, 3.63) is 28.4 Å². The summed E-state index contributed by atoms with van der Waals surface area (Å²) in [5, 5.41) is 22.6. The van der Waals surface area contributed by atoms with E-state index in [-0.39, 0.29) is 17.8 Å². The first-order valence-corrected chi connectivity index (χ1v) is 5.40. The van der Waals surface area contributed by atoms with E-state index in [0.29, 0.717) is 18.7 Å². The first-order chi connectivity index (χ1) is 7.96. The summed E-state index contributed by atoms with van der Waals surface area (Å²) in [4.78, 5) is 13.9. The van der Waals surface area contributed by atoms with Gasteiger partial charge in [-0.25, -0.2) is 0 Å². The molecule has 1 heterocycles. The van der Waals surface area contributed by atoms with Crippen molar-refractivity contribution in [3.8, 4) is 0 Å². The Hall–Kier alpha value is -1.69. The molecule has 0 fully saturated rings. The summed E-state index contributed by atoms with van der Waals surface area (Å²) in [6.45, 7) is 4.61. The van der Waals surface area contributed by atoms with Gasteiger partial charge in [-0.3, -0.25) is 0 Å². The molecule has 0 atom stereocenters.